The van der Waals surface area contributed by atoms with E-state index in [1.165, 1.54) is 26.4 Å². The third kappa shape index (κ3) is 3.17. The number of benzene rings is 2. The van der Waals surface area contributed by atoms with Crippen LogP contribution in [0.5, 0.6) is 0 Å². The first kappa shape index (κ1) is 17.6. The van der Waals surface area contributed by atoms with Gasteiger partial charge in [-0.3, -0.25) is 4.90 Å². The van der Waals surface area contributed by atoms with Crippen LogP contribution in [0.25, 0.3) is 6.08 Å². The molecule has 1 aliphatic rings. The van der Waals surface area contributed by atoms with Crippen LogP contribution in [0.3, 0.4) is 0 Å². The van der Waals surface area contributed by atoms with Crippen LogP contribution in [-0.2, 0) is 15.7 Å². The van der Waals surface area contributed by atoms with Crippen LogP contribution >= 0.6 is 0 Å². The Balaban J connectivity index is 2.14. The van der Waals surface area contributed by atoms with Gasteiger partial charge in [0.1, 0.15) is 0 Å². The van der Waals surface area contributed by atoms with Crippen LogP contribution in [-0.4, -0.2) is 20.2 Å². The summed E-state index contributed by atoms with van der Waals surface area (Å²) < 4.78 is 48.9. The predicted molar refractivity (Wildman–Crippen MR) is 89.9 cm³/mol. The lowest BCUT2D eigenvalue weighted by molar-refractivity contribution is -0.137. The second-order valence-electron chi connectivity index (χ2n) is 5.45. The van der Waals surface area contributed by atoms with Crippen molar-refractivity contribution >= 4 is 23.4 Å². The number of hydrogen-bond donors (Lipinski definition) is 0. The van der Waals surface area contributed by atoms with E-state index in [0.717, 1.165) is 12.1 Å². The molecule has 0 saturated carbocycles. The first-order chi connectivity index (χ1) is 12.3. The normalized spacial score (nSPS) is 13.1. The highest BCUT2D eigenvalue weighted by Crippen LogP contribution is 2.39. The number of halogens is 3. The molecule has 0 fully saturated rings. The molecule has 0 aliphatic carbocycles. The number of nitrogens with zero attached hydrogens (tertiary/aromatic N) is 1. The Morgan fingerprint density at radius 2 is 1.88 bits per heavy atom. The van der Waals surface area contributed by atoms with E-state index in [2.05, 4.69) is 5.73 Å². The number of alkyl halides is 3. The summed E-state index contributed by atoms with van der Waals surface area (Å²) in [5.41, 5.74) is 3.74. The van der Waals surface area contributed by atoms with Crippen molar-refractivity contribution in [2.45, 2.75) is 6.18 Å². The van der Waals surface area contributed by atoms with Crippen LogP contribution in [0.15, 0.2) is 54.1 Å². The van der Waals surface area contributed by atoms with Crippen LogP contribution < -0.4 is 4.90 Å². The molecular formula is C19H14F3NO3. The number of rotatable bonds is 3. The minimum Gasteiger partial charge on any atom is -0.476 e. The van der Waals surface area contributed by atoms with Crippen molar-refractivity contribution in [1.29, 1.82) is 0 Å². The monoisotopic (exact) mass is 361 g/mol. The molecule has 7 heteroatoms. The largest absolute Gasteiger partial charge is 0.476 e. The van der Waals surface area contributed by atoms with E-state index < -0.39 is 17.7 Å². The van der Waals surface area contributed by atoms with Crippen LogP contribution in [0, 0.1) is 0 Å². The van der Waals surface area contributed by atoms with Crippen molar-refractivity contribution in [1.82, 2.24) is 0 Å². The minimum absolute atomic E-state index is 0.291. The fourth-order valence-corrected chi connectivity index (χ4v) is 2.66. The van der Waals surface area contributed by atoms with Crippen molar-refractivity contribution < 1.29 is 27.4 Å². The van der Waals surface area contributed by atoms with Gasteiger partial charge in [0.05, 0.1) is 36.7 Å². The predicted octanol–water partition coefficient (Wildman–Crippen LogP) is 4.74. The SMILES string of the molecule is COC(=O)c1cccc(N2C(OC)=C=Cc3cc(C(F)(F)F)ccc32)c1. The average Bonchev–Trinajstić information content (AvgIpc) is 2.65. The molecule has 3 rings (SSSR count). The molecule has 26 heavy (non-hydrogen) atoms. The summed E-state index contributed by atoms with van der Waals surface area (Å²) in [6, 6.07) is 9.92. The lowest BCUT2D eigenvalue weighted by atomic mass is 10.0. The summed E-state index contributed by atoms with van der Waals surface area (Å²) >= 11 is 0. The zero-order valence-corrected chi connectivity index (χ0v) is 13.9. The zero-order chi connectivity index (χ0) is 18.9. The molecule has 1 aliphatic heterocycles. The standard InChI is InChI=1S/C19H14F3NO3/c1-25-17-9-6-12-10-14(19(20,21)22)7-8-16(12)23(17)15-5-3-4-13(11-15)18(24)26-2/h3-8,10-11H,1-2H3. The lowest BCUT2D eigenvalue weighted by Crippen LogP contribution is -2.21. The third-order valence-corrected chi connectivity index (χ3v) is 3.87. The second-order valence-corrected chi connectivity index (χ2v) is 5.45. The molecule has 0 unspecified atom stereocenters. The highest BCUT2D eigenvalue weighted by Gasteiger charge is 2.32. The van der Waals surface area contributed by atoms with E-state index >= 15 is 0 Å². The Labute approximate surface area is 147 Å². The van der Waals surface area contributed by atoms with Gasteiger partial charge in [-0.05, 0) is 42.5 Å². The molecule has 0 amide bonds. The van der Waals surface area contributed by atoms with Crippen molar-refractivity contribution in [2.75, 3.05) is 19.1 Å². The lowest BCUT2D eigenvalue weighted by Gasteiger charge is -2.29. The van der Waals surface area contributed by atoms with Crippen molar-refractivity contribution in [2.24, 2.45) is 0 Å². The van der Waals surface area contributed by atoms with Gasteiger partial charge in [-0.15, -0.1) is 0 Å². The van der Waals surface area contributed by atoms with E-state index in [1.54, 1.807) is 29.2 Å². The topological polar surface area (TPSA) is 38.8 Å². The fraction of sp³-hybridized carbons (Fsp3) is 0.158. The number of esters is 1. The molecule has 0 saturated heterocycles. The summed E-state index contributed by atoms with van der Waals surface area (Å²) in [5.74, 6) is -0.228. The van der Waals surface area contributed by atoms with E-state index in [1.807, 2.05) is 0 Å². The number of carbonyl (C=O) groups excluding carboxylic acids is 1. The summed E-state index contributed by atoms with van der Waals surface area (Å²) in [6.07, 6.45) is -3.01. The quantitative estimate of drug-likeness (QED) is 0.585. The number of methoxy groups -OCH3 is 2. The number of anilines is 2. The Hall–Kier alpha value is -3.18. The Morgan fingerprint density at radius 3 is 2.54 bits per heavy atom. The molecule has 0 radical (unpaired) electrons. The first-order valence-electron chi connectivity index (χ1n) is 7.55. The van der Waals surface area contributed by atoms with Crippen molar-refractivity contribution in [3.8, 4) is 0 Å². The van der Waals surface area contributed by atoms with Gasteiger partial charge in [-0.25, -0.2) is 4.79 Å². The molecule has 0 aromatic heterocycles. The molecule has 1 heterocycles. The van der Waals surface area contributed by atoms with Gasteiger partial charge in [0, 0.05) is 5.56 Å². The first-order valence-corrected chi connectivity index (χ1v) is 7.55. The smallest absolute Gasteiger partial charge is 0.416 e. The summed E-state index contributed by atoms with van der Waals surface area (Å²) in [7, 11) is 2.70. The third-order valence-electron chi connectivity index (χ3n) is 3.87. The number of hydrogen-bond acceptors (Lipinski definition) is 4. The molecule has 0 N–H and O–H groups in total. The van der Waals surface area contributed by atoms with Gasteiger partial charge < -0.3 is 9.47 Å². The van der Waals surface area contributed by atoms with E-state index in [9.17, 15) is 18.0 Å². The molecule has 0 spiro atoms. The molecular weight excluding hydrogens is 347 g/mol. The maximum atomic E-state index is 13.0. The number of fused-ring (bicyclic) bond motifs is 1. The van der Waals surface area contributed by atoms with Gasteiger partial charge in [0.25, 0.3) is 0 Å². The Morgan fingerprint density at radius 1 is 1.12 bits per heavy atom. The molecule has 2 aromatic carbocycles. The molecule has 0 bridgehead atoms. The number of ether oxygens (including phenoxy) is 2. The molecule has 0 atom stereocenters. The highest BCUT2D eigenvalue weighted by molar-refractivity contribution is 5.91. The van der Waals surface area contributed by atoms with E-state index in [4.69, 9.17) is 9.47 Å². The van der Waals surface area contributed by atoms with Gasteiger partial charge in [0.15, 0.2) is 0 Å². The van der Waals surface area contributed by atoms with Crippen LogP contribution in [0.2, 0.25) is 0 Å². The second kappa shape index (κ2) is 6.61. The average molecular weight is 361 g/mol. The van der Waals surface area contributed by atoms with E-state index in [-0.39, 0.29) is 0 Å². The van der Waals surface area contributed by atoms with Crippen molar-refractivity contribution in [3.63, 3.8) is 0 Å². The van der Waals surface area contributed by atoms with Gasteiger partial charge >= 0.3 is 12.1 Å². The van der Waals surface area contributed by atoms with Gasteiger partial charge in [0.2, 0.25) is 5.88 Å². The summed E-state index contributed by atoms with van der Waals surface area (Å²) in [6.45, 7) is 0. The van der Waals surface area contributed by atoms with Gasteiger partial charge in [-0.1, -0.05) is 11.8 Å². The van der Waals surface area contributed by atoms with E-state index in [0.29, 0.717) is 28.4 Å². The zero-order valence-electron chi connectivity index (χ0n) is 13.9. The Kier molecular flexibility index (Phi) is 4.49. The van der Waals surface area contributed by atoms with Crippen LogP contribution in [0.1, 0.15) is 21.5 Å². The molecule has 2 aromatic rings. The fourth-order valence-electron chi connectivity index (χ4n) is 2.66. The molecule has 134 valence electrons. The summed E-state index contributed by atoms with van der Waals surface area (Å²) in [4.78, 5) is 13.4. The van der Waals surface area contributed by atoms with Crippen LogP contribution in [0.4, 0.5) is 24.5 Å². The molecule has 4 nitrogen and oxygen atoms in total. The van der Waals surface area contributed by atoms with Gasteiger partial charge in [-0.2, -0.15) is 13.2 Å². The number of carbonyl (C=O) groups is 1. The van der Waals surface area contributed by atoms with Crippen molar-refractivity contribution in [3.05, 3.63) is 70.8 Å². The summed E-state index contributed by atoms with van der Waals surface area (Å²) in [5, 5.41) is 0. The highest BCUT2D eigenvalue weighted by atomic mass is 19.4. The maximum Gasteiger partial charge on any atom is 0.416 e. The maximum absolute atomic E-state index is 13.0. The Bertz CT molecular complexity index is 928. The minimum atomic E-state index is -4.44.